The van der Waals surface area contributed by atoms with Gasteiger partial charge >= 0.3 is 11.9 Å². The molecule has 1 aromatic carbocycles. The molecule has 9 heteroatoms. The minimum atomic E-state index is -0.681. The summed E-state index contributed by atoms with van der Waals surface area (Å²) >= 11 is 0. The molecule has 9 nitrogen and oxygen atoms in total. The summed E-state index contributed by atoms with van der Waals surface area (Å²) < 4.78 is 20.4. The van der Waals surface area contributed by atoms with Crippen LogP contribution < -0.4 is 9.80 Å². The minimum Gasteiger partial charge on any atom is -0.466 e. The van der Waals surface area contributed by atoms with Crippen molar-refractivity contribution >= 4 is 23.3 Å². The SMILES string of the molecule is COC(=O)C1=C(C(=O)OC)N(c2ccc(N3CCOCC3)c(C#N)c2)COC1. The van der Waals surface area contributed by atoms with Crippen molar-refractivity contribution in [3.05, 3.63) is 35.0 Å². The van der Waals surface area contributed by atoms with Crippen LogP contribution in [0.25, 0.3) is 0 Å². The second-order valence-electron chi connectivity index (χ2n) is 6.13. The van der Waals surface area contributed by atoms with Gasteiger partial charge in [0.2, 0.25) is 0 Å². The van der Waals surface area contributed by atoms with Crippen LogP contribution in [0.2, 0.25) is 0 Å². The molecule has 2 aliphatic rings. The molecule has 0 atom stereocenters. The molecular weight excluding hydrogens is 366 g/mol. The number of carbonyl (C=O) groups is 2. The highest BCUT2D eigenvalue weighted by molar-refractivity contribution is 6.03. The molecule has 148 valence electrons. The first-order valence-electron chi connectivity index (χ1n) is 8.72. The fourth-order valence-corrected chi connectivity index (χ4v) is 3.21. The van der Waals surface area contributed by atoms with E-state index in [2.05, 4.69) is 11.0 Å². The molecule has 0 aromatic heterocycles. The second kappa shape index (κ2) is 8.73. The molecular formula is C19H21N3O6. The monoisotopic (exact) mass is 387 g/mol. The number of methoxy groups -OCH3 is 2. The minimum absolute atomic E-state index is 0.0344. The number of anilines is 2. The summed E-state index contributed by atoms with van der Waals surface area (Å²) in [5.41, 5.74) is 1.90. The topological polar surface area (TPSA) is 101 Å². The molecule has 28 heavy (non-hydrogen) atoms. The molecule has 0 saturated carbocycles. The van der Waals surface area contributed by atoms with Crippen molar-refractivity contribution in [2.45, 2.75) is 0 Å². The summed E-state index contributed by atoms with van der Waals surface area (Å²) in [6, 6.07) is 7.46. The molecule has 0 amide bonds. The van der Waals surface area contributed by atoms with Gasteiger partial charge in [0, 0.05) is 18.8 Å². The van der Waals surface area contributed by atoms with Crippen LogP contribution in [-0.4, -0.2) is 65.8 Å². The Morgan fingerprint density at radius 1 is 1.11 bits per heavy atom. The van der Waals surface area contributed by atoms with E-state index in [1.165, 1.54) is 19.1 Å². The van der Waals surface area contributed by atoms with E-state index in [4.69, 9.17) is 18.9 Å². The van der Waals surface area contributed by atoms with E-state index in [0.29, 0.717) is 37.6 Å². The van der Waals surface area contributed by atoms with Crippen molar-refractivity contribution in [2.24, 2.45) is 0 Å². The average Bonchev–Trinajstić information content (AvgIpc) is 2.77. The third-order valence-corrected chi connectivity index (χ3v) is 4.60. The molecule has 0 aliphatic carbocycles. The van der Waals surface area contributed by atoms with E-state index >= 15 is 0 Å². The Balaban J connectivity index is 2.02. The van der Waals surface area contributed by atoms with Gasteiger partial charge in [0.1, 0.15) is 18.5 Å². The first kappa shape index (κ1) is 19.7. The molecule has 2 aliphatic heterocycles. The van der Waals surface area contributed by atoms with Gasteiger partial charge in [-0.05, 0) is 18.2 Å². The number of benzene rings is 1. The van der Waals surface area contributed by atoms with E-state index in [0.717, 1.165) is 5.69 Å². The van der Waals surface area contributed by atoms with Crippen molar-refractivity contribution < 1.29 is 28.5 Å². The lowest BCUT2D eigenvalue weighted by Gasteiger charge is -2.33. The van der Waals surface area contributed by atoms with Crippen molar-refractivity contribution in [2.75, 3.05) is 63.7 Å². The third-order valence-electron chi connectivity index (χ3n) is 4.60. The Hall–Kier alpha value is -3.09. The average molecular weight is 387 g/mol. The van der Waals surface area contributed by atoms with Gasteiger partial charge in [-0.25, -0.2) is 9.59 Å². The summed E-state index contributed by atoms with van der Waals surface area (Å²) in [5, 5.41) is 9.64. The molecule has 0 spiro atoms. The lowest BCUT2D eigenvalue weighted by Crippen LogP contribution is -2.39. The van der Waals surface area contributed by atoms with Gasteiger partial charge in [0.05, 0.1) is 50.9 Å². The zero-order valence-electron chi connectivity index (χ0n) is 15.8. The number of nitrogens with zero attached hydrogens (tertiary/aromatic N) is 3. The Morgan fingerprint density at radius 3 is 2.46 bits per heavy atom. The van der Waals surface area contributed by atoms with Crippen LogP contribution >= 0.6 is 0 Å². The number of hydrogen-bond acceptors (Lipinski definition) is 9. The summed E-state index contributed by atoms with van der Waals surface area (Å²) in [7, 11) is 2.47. The number of hydrogen-bond donors (Lipinski definition) is 0. The maximum atomic E-state index is 12.4. The van der Waals surface area contributed by atoms with Crippen molar-refractivity contribution in [1.82, 2.24) is 0 Å². The number of nitriles is 1. The van der Waals surface area contributed by atoms with Crippen molar-refractivity contribution in [3.8, 4) is 6.07 Å². The van der Waals surface area contributed by atoms with Crippen molar-refractivity contribution in [1.29, 1.82) is 5.26 Å². The van der Waals surface area contributed by atoms with E-state index in [1.54, 1.807) is 12.1 Å². The predicted octanol–water partition coefficient (Wildman–Crippen LogP) is 0.789. The lowest BCUT2D eigenvalue weighted by atomic mass is 10.1. The van der Waals surface area contributed by atoms with Gasteiger partial charge in [-0.2, -0.15) is 5.26 Å². The quantitative estimate of drug-likeness (QED) is 0.694. The Morgan fingerprint density at radius 2 is 1.82 bits per heavy atom. The zero-order valence-corrected chi connectivity index (χ0v) is 15.8. The summed E-state index contributed by atoms with van der Waals surface area (Å²) in [6.45, 7) is 2.56. The van der Waals surface area contributed by atoms with Gasteiger partial charge in [0.25, 0.3) is 0 Å². The van der Waals surface area contributed by atoms with E-state index < -0.39 is 11.9 Å². The summed E-state index contributed by atoms with van der Waals surface area (Å²) in [4.78, 5) is 28.1. The van der Waals surface area contributed by atoms with E-state index in [9.17, 15) is 14.9 Å². The number of rotatable bonds is 4. The highest BCUT2D eigenvalue weighted by Crippen LogP contribution is 2.31. The molecule has 1 saturated heterocycles. The Labute approximate surface area is 162 Å². The normalized spacial score (nSPS) is 17.2. The molecule has 1 aromatic rings. The summed E-state index contributed by atoms with van der Waals surface area (Å²) in [6.07, 6.45) is 0. The number of esters is 2. The van der Waals surface area contributed by atoms with Crippen LogP contribution in [0.15, 0.2) is 29.5 Å². The maximum absolute atomic E-state index is 12.4. The molecule has 0 radical (unpaired) electrons. The second-order valence-corrected chi connectivity index (χ2v) is 6.13. The number of carbonyl (C=O) groups excluding carboxylic acids is 2. The highest BCUT2D eigenvalue weighted by atomic mass is 16.5. The Bertz CT molecular complexity index is 839. The van der Waals surface area contributed by atoms with Crippen LogP contribution in [0.5, 0.6) is 0 Å². The first-order chi connectivity index (χ1) is 13.6. The van der Waals surface area contributed by atoms with Crippen LogP contribution in [0.4, 0.5) is 11.4 Å². The molecule has 0 bridgehead atoms. The number of ether oxygens (including phenoxy) is 4. The standard InChI is InChI=1S/C19H21N3O6/c1-25-18(23)15-11-28-12-22(17(15)19(24)26-2)14-3-4-16(13(9-14)10-20)21-5-7-27-8-6-21/h3-4,9H,5-8,11-12H2,1-2H3. The van der Waals surface area contributed by atoms with E-state index in [-0.39, 0.29) is 24.6 Å². The predicted molar refractivity (Wildman–Crippen MR) is 98.5 cm³/mol. The fraction of sp³-hybridized carbons (Fsp3) is 0.421. The third kappa shape index (κ3) is 3.78. The largest absolute Gasteiger partial charge is 0.466 e. The van der Waals surface area contributed by atoms with Gasteiger partial charge < -0.3 is 28.7 Å². The van der Waals surface area contributed by atoms with Crippen molar-refractivity contribution in [3.63, 3.8) is 0 Å². The fourth-order valence-electron chi connectivity index (χ4n) is 3.21. The lowest BCUT2D eigenvalue weighted by molar-refractivity contribution is -0.140. The van der Waals surface area contributed by atoms with Gasteiger partial charge in [-0.3, -0.25) is 0 Å². The Kier molecular flexibility index (Phi) is 6.13. The van der Waals surface area contributed by atoms with Gasteiger partial charge in [-0.15, -0.1) is 0 Å². The smallest absolute Gasteiger partial charge is 0.355 e. The van der Waals surface area contributed by atoms with Gasteiger partial charge in [0.15, 0.2) is 0 Å². The molecule has 1 fully saturated rings. The molecule has 0 unspecified atom stereocenters. The first-order valence-corrected chi connectivity index (χ1v) is 8.72. The van der Waals surface area contributed by atoms with E-state index in [1.807, 2.05) is 6.07 Å². The maximum Gasteiger partial charge on any atom is 0.355 e. The summed E-state index contributed by atoms with van der Waals surface area (Å²) in [5.74, 6) is -1.35. The van der Waals surface area contributed by atoms with Gasteiger partial charge in [-0.1, -0.05) is 0 Å². The zero-order chi connectivity index (χ0) is 20.1. The number of morpholine rings is 1. The molecule has 3 rings (SSSR count). The molecule has 0 N–H and O–H groups in total. The molecule has 2 heterocycles. The highest BCUT2D eigenvalue weighted by Gasteiger charge is 2.32. The van der Waals surface area contributed by atoms with Crippen LogP contribution in [-0.2, 0) is 28.5 Å². The van der Waals surface area contributed by atoms with Crippen LogP contribution in [0, 0.1) is 11.3 Å². The van der Waals surface area contributed by atoms with Crippen LogP contribution in [0.1, 0.15) is 5.56 Å². The van der Waals surface area contributed by atoms with Crippen LogP contribution in [0.3, 0.4) is 0 Å².